The molecule has 2 rings (SSSR count). The van der Waals surface area contributed by atoms with E-state index in [1.54, 1.807) is 31.4 Å². The second-order valence-electron chi connectivity index (χ2n) is 6.05. The molecule has 150 valence electrons. The molecule has 0 heterocycles. The zero-order valence-electron chi connectivity index (χ0n) is 15.7. The molecule has 0 aliphatic heterocycles. The second kappa shape index (κ2) is 10.6. The molecular weight excluding hydrogens is 382 g/mol. The summed E-state index contributed by atoms with van der Waals surface area (Å²) in [5.74, 6) is -0.0764. The summed E-state index contributed by atoms with van der Waals surface area (Å²) in [7, 11) is 2.73. The van der Waals surface area contributed by atoms with Gasteiger partial charge in [0.15, 0.2) is 4.90 Å². The number of carbonyl (C=O) groups is 2. The number of carbonyl (C=O) groups excluding carboxylic acids is 1. The second-order valence-corrected chi connectivity index (χ2v) is 7.78. The molecule has 2 aromatic carbocycles. The van der Waals surface area contributed by atoms with Crippen molar-refractivity contribution >= 4 is 23.2 Å². The fourth-order valence-corrected chi connectivity index (χ4v) is 4.29. The molecule has 0 aliphatic rings. The van der Waals surface area contributed by atoms with Crippen LogP contribution < -0.4 is 10.1 Å². The molecule has 7 nitrogen and oxygen atoms in total. The summed E-state index contributed by atoms with van der Waals surface area (Å²) in [5, 5.41) is 10.7. The lowest BCUT2D eigenvalue weighted by atomic mass is 10.0. The van der Waals surface area contributed by atoms with Crippen molar-refractivity contribution in [1.29, 1.82) is 0 Å². The maximum Gasteiger partial charge on any atom is 0.405 e. The summed E-state index contributed by atoms with van der Waals surface area (Å²) < 4.78 is 23.0. The molecule has 0 saturated heterocycles. The van der Waals surface area contributed by atoms with E-state index < -0.39 is 34.5 Å². The van der Waals surface area contributed by atoms with Crippen molar-refractivity contribution in [2.24, 2.45) is 0 Å². The Labute approximate surface area is 166 Å². The number of ether oxygens (including phenoxy) is 2. The number of methoxy groups -OCH3 is 2. The van der Waals surface area contributed by atoms with Gasteiger partial charge in [-0.05, 0) is 41.0 Å². The van der Waals surface area contributed by atoms with E-state index in [1.165, 1.54) is 7.11 Å². The highest BCUT2D eigenvalue weighted by Crippen LogP contribution is 2.25. The Bertz CT molecular complexity index is 768. The van der Waals surface area contributed by atoms with Crippen LogP contribution in [0.5, 0.6) is 5.75 Å². The van der Waals surface area contributed by atoms with Crippen LogP contribution in [0.3, 0.4) is 0 Å². The van der Waals surface area contributed by atoms with Gasteiger partial charge in [0.1, 0.15) is 17.0 Å². The van der Waals surface area contributed by atoms with Gasteiger partial charge in [-0.25, -0.2) is 9.59 Å². The number of rotatable bonds is 9. The van der Waals surface area contributed by atoms with Crippen LogP contribution in [0.2, 0.25) is 0 Å². The topological polar surface area (TPSA) is 108 Å². The largest absolute Gasteiger partial charge is 0.611 e. The number of benzene rings is 2. The third kappa shape index (κ3) is 6.17. The molecule has 0 radical (unpaired) electrons. The lowest BCUT2D eigenvalue weighted by Crippen LogP contribution is -2.44. The zero-order chi connectivity index (χ0) is 20.5. The lowest BCUT2D eigenvalue weighted by Gasteiger charge is -2.25. The monoisotopic (exact) mass is 405 g/mol. The molecule has 2 N–H and O–H groups in total. The van der Waals surface area contributed by atoms with Gasteiger partial charge in [0, 0.05) is 12.8 Å². The average molecular weight is 405 g/mol. The van der Waals surface area contributed by atoms with E-state index in [0.717, 1.165) is 5.56 Å². The molecule has 0 fully saturated rings. The van der Waals surface area contributed by atoms with Crippen molar-refractivity contribution in [2.45, 2.75) is 29.0 Å². The number of carboxylic acid groups (broad SMARTS) is 1. The fraction of sp³-hybridized carbons (Fsp3) is 0.300. The Kier molecular flexibility index (Phi) is 8.16. The summed E-state index contributed by atoms with van der Waals surface area (Å²) in [5.41, 5.74) is 0.938. The lowest BCUT2D eigenvalue weighted by molar-refractivity contribution is -0.143. The molecule has 0 aromatic heterocycles. The molecule has 3 atom stereocenters. The van der Waals surface area contributed by atoms with Gasteiger partial charge in [0.2, 0.25) is 0 Å². The minimum Gasteiger partial charge on any atom is -0.611 e. The molecule has 2 aromatic rings. The van der Waals surface area contributed by atoms with Gasteiger partial charge < -0.3 is 24.4 Å². The van der Waals surface area contributed by atoms with Gasteiger partial charge in [-0.15, -0.1) is 0 Å². The molecule has 8 heteroatoms. The normalized spacial score (nSPS) is 13.8. The van der Waals surface area contributed by atoms with Crippen molar-refractivity contribution in [3.63, 3.8) is 0 Å². The molecule has 0 spiro atoms. The van der Waals surface area contributed by atoms with Crippen LogP contribution in [-0.4, -0.2) is 47.2 Å². The molecule has 0 bridgehead atoms. The third-order valence-electron chi connectivity index (χ3n) is 4.18. The summed E-state index contributed by atoms with van der Waals surface area (Å²) in [6.45, 7) is 0. The molecule has 0 saturated carbocycles. The first kappa shape index (κ1) is 21.6. The van der Waals surface area contributed by atoms with Crippen LogP contribution in [0.25, 0.3) is 0 Å². The predicted molar refractivity (Wildman–Crippen MR) is 105 cm³/mol. The van der Waals surface area contributed by atoms with Gasteiger partial charge in [0.05, 0.1) is 14.2 Å². The molecule has 28 heavy (non-hydrogen) atoms. The Morgan fingerprint density at radius 2 is 1.75 bits per heavy atom. The highest BCUT2D eigenvalue weighted by molar-refractivity contribution is 7.92. The highest BCUT2D eigenvalue weighted by atomic mass is 32.2. The van der Waals surface area contributed by atoms with Gasteiger partial charge in [-0.2, -0.15) is 0 Å². The number of hydrogen-bond donors (Lipinski definition) is 2. The van der Waals surface area contributed by atoms with Crippen LogP contribution in [-0.2, 0) is 27.1 Å². The maximum atomic E-state index is 13.2. The summed E-state index contributed by atoms with van der Waals surface area (Å²) >= 11 is -1.48. The van der Waals surface area contributed by atoms with Crippen molar-refractivity contribution in [3.8, 4) is 5.75 Å². The third-order valence-corrected chi connectivity index (χ3v) is 5.88. The van der Waals surface area contributed by atoms with Crippen LogP contribution in [0.1, 0.15) is 12.0 Å². The van der Waals surface area contributed by atoms with E-state index in [-0.39, 0.29) is 6.42 Å². The smallest absolute Gasteiger partial charge is 0.405 e. The first-order valence-corrected chi connectivity index (χ1v) is 9.81. The van der Waals surface area contributed by atoms with Crippen LogP contribution in [0, 0.1) is 0 Å². The minimum absolute atomic E-state index is 0.0342. The number of nitrogens with one attached hydrogen (secondary N) is 1. The van der Waals surface area contributed by atoms with Crippen LogP contribution in [0.15, 0.2) is 59.5 Å². The van der Waals surface area contributed by atoms with Crippen molar-refractivity contribution in [2.75, 3.05) is 14.2 Å². The summed E-state index contributed by atoms with van der Waals surface area (Å²) in [6.07, 6.45) is -0.898. The van der Waals surface area contributed by atoms with E-state index in [9.17, 15) is 14.1 Å². The molecule has 0 aliphatic carbocycles. The van der Waals surface area contributed by atoms with E-state index in [2.05, 4.69) is 5.32 Å². The van der Waals surface area contributed by atoms with E-state index in [0.29, 0.717) is 17.1 Å². The minimum atomic E-state index is -1.48. The van der Waals surface area contributed by atoms with Gasteiger partial charge >= 0.3 is 12.1 Å². The van der Waals surface area contributed by atoms with Gasteiger partial charge in [0.25, 0.3) is 0 Å². The van der Waals surface area contributed by atoms with Crippen LogP contribution in [0.4, 0.5) is 4.79 Å². The number of esters is 1. The Morgan fingerprint density at radius 3 is 2.29 bits per heavy atom. The van der Waals surface area contributed by atoms with E-state index in [1.807, 2.05) is 30.3 Å². The maximum absolute atomic E-state index is 13.2. The molecule has 1 amide bonds. The Hall–Kier alpha value is -2.71. The molecule has 2 unspecified atom stereocenters. The quantitative estimate of drug-likeness (QED) is 0.490. The van der Waals surface area contributed by atoms with Crippen molar-refractivity contribution < 1.29 is 28.7 Å². The number of amides is 1. The molecular formula is C20H23NO6S. The van der Waals surface area contributed by atoms with Gasteiger partial charge in [-0.3, -0.25) is 0 Å². The number of hydrogen-bond acceptors (Lipinski definition) is 5. The van der Waals surface area contributed by atoms with Crippen molar-refractivity contribution in [1.82, 2.24) is 5.32 Å². The predicted octanol–water partition coefficient (Wildman–Crippen LogP) is 2.61. The highest BCUT2D eigenvalue weighted by Gasteiger charge is 2.33. The van der Waals surface area contributed by atoms with E-state index >= 15 is 0 Å². The standard InChI is InChI=1S/C20H23NO6S/c1-26-15-8-10-16(11-9-15)28(25)17(12-14-6-4-3-5-7-14)13-18(19(22)27-2)21-20(23)24/h3-11,17-18,21H,12-13H2,1-2H3,(H,23,24)/t17-,18?,28?/m1/s1. The summed E-state index contributed by atoms with van der Waals surface area (Å²) in [6, 6.07) is 15.1. The zero-order valence-corrected chi connectivity index (χ0v) is 16.5. The Morgan fingerprint density at radius 1 is 1.11 bits per heavy atom. The summed E-state index contributed by atoms with van der Waals surface area (Å²) in [4.78, 5) is 23.7. The SMILES string of the molecule is COC(=O)C(C[C@@H](Cc1ccccc1)[S+]([O-])c1ccc(OC)cc1)NC(=O)O. The van der Waals surface area contributed by atoms with E-state index in [4.69, 9.17) is 14.6 Å². The first-order chi connectivity index (χ1) is 13.4. The van der Waals surface area contributed by atoms with Gasteiger partial charge in [-0.1, -0.05) is 30.3 Å². The fourth-order valence-electron chi connectivity index (χ4n) is 2.79. The van der Waals surface area contributed by atoms with Crippen molar-refractivity contribution in [3.05, 3.63) is 60.2 Å². The van der Waals surface area contributed by atoms with Crippen LogP contribution >= 0.6 is 0 Å². The first-order valence-electron chi connectivity index (χ1n) is 8.60. The Balaban J connectivity index is 2.28. The average Bonchev–Trinajstić information content (AvgIpc) is 2.72.